The fourth-order valence-electron chi connectivity index (χ4n) is 2.96. The number of nitrogens with zero attached hydrogens (tertiary/aromatic N) is 2. The number of hydrogen-bond acceptors (Lipinski definition) is 5. The Kier molecular flexibility index (Phi) is 5.85. The third-order valence-corrected chi connectivity index (χ3v) is 6.60. The molecule has 1 aliphatic heterocycles. The molecule has 0 saturated carbocycles. The van der Waals surface area contributed by atoms with E-state index in [9.17, 15) is 12.8 Å². The molecule has 0 bridgehead atoms. The number of thiophene rings is 1. The van der Waals surface area contributed by atoms with Gasteiger partial charge in [0, 0.05) is 38.8 Å². The normalized spacial score (nSPS) is 18.3. The first-order valence-electron chi connectivity index (χ1n) is 8.15. The Morgan fingerprint density at radius 3 is 2.64 bits per heavy atom. The van der Waals surface area contributed by atoms with Crippen molar-refractivity contribution >= 4 is 21.4 Å². The molecule has 1 fully saturated rings. The summed E-state index contributed by atoms with van der Waals surface area (Å²) in [5, 5.41) is 4.05. The third-order valence-electron chi connectivity index (χ3n) is 4.48. The third kappa shape index (κ3) is 4.65. The van der Waals surface area contributed by atoms with Gasteiger partial charge in [-0.2, -0.15) is 11.3 Å². The van der Waals surface area contributed by atoms with Crippen LogP contribution in [-0.2, 0) is 10.0 Å². The van der Waals surface area contributed by atoms with E-state index in [1.165, 1.54) is 18.2 Å². The Bertz CT molecular complexity index is 788. The number of halogens is 1. The van der Waals surface area contributed by atoms with Crippen LogP contribution in [0.2, 0.25) is 0 Å². The molecule has 1 aromatic carbocycles. The quantitative estimate of drug-likeness (QED) is 0.831. The highest BCUT2D eigenvalue weighted by Crippen LogP contribution is 2.24. The molecule has 25 heavy (non-hydrogen) atoms. The van der Waals surface area contributed by atoms with Crippen molar-refractivity contribution in [2.45, 2.75) is 10.9 Å². The molecule has 1 N–H and O–H groups in total. The van der Waals surface area contributed by atoms with Crippen LogP contribution in [0.15, 0.2) is 46.0 Å². The summed E-state index contributed by atoms with van der Waals surface area (Å²) in [5.41, 5.74) is 1.11. The lowest BCUT2D eigenvalue weighted by molar-refractivity contribution is 0.113. The van der Waals surface area contributed by atoms with E-state index in [-0.39, 0.29) is 17.5 Å². The van der Waals surface area contributed by atoms with Crippen molar-refractivity contribution in [3.8, 4) is 0 Å². The molecule has 136 valence electrons. The van der Waals surface area contributed by atoms with Gasteiger partial charge in [-0.15, -0.1) is 0 Å². The van der Waals surface area contributed by atoms with Gasteiger partial charge in [0.2, 0.25) is 10.0 Å². The van der Waals surface area contributed by atoms with Crippen molar-refractivity contribution in [2.24, 2.45) is 0 Å². The molecule has 3 rings (SSSR count). The van der Waals surface area contributed by atoms with Gasteiger partial charge in [0.15, 0.2) is 0 Å². The van der Waals surface area contributed by atoms with Crippen LogP contribution >= 0.6 is 11.3 Å². The highest BCUT2D eigenvalue weighted by atomic mass is 32.2. The maximum Gasteiger partial charge on any atom is 0.240 e. The van der Waals surface area contributed by atoms with Crippen molar-refractivity contribution in [1.82, 2.24) is 14.5 Å². The van der Waals surface area contributed by atoms with Gasteiger partial charge in [0.1, 0.15) is 5.82 Å². The Morgan fingerprint density at radius 2 is 2.00 bits per heavy atom. The minimum atomic E-state index is -3.74. The standard InChI is InChI=1S/C17H22FN3O2S2/c1-20-6-8-21(9-7-20)17(14-5-10-24-13-14)12-19-25(22,23)16-4-2-3-15(18)11-16/h2-5,10-11,13,17,19H,6-9,12H2,1H3. The van der Waals surface area contributed by atoms with Crippen LogP contribution in [0.5, 0.6) is 0 Å². The van der Waals surface area contributed by atoms with Gasteiger partial charge in [-0.3, -0.25) is 4.90 Å². The van der Waals surface area contributed by atoms with Crippen molar-refractivity contribution in [3.63, 3.8) is 0 Å². The molecule has 2 heterocycles. The first-order chi connectivity index (χ1) is 12.0. The second-order valence-electron chi connectivity index (χ2n) is 6.22. The Balaban J connectivity index is 1.74. The molecule has 2 aromatic rings. The van der Waals surface area contributed by atoms with E-state index in [0.29, 0.717) is 0 Å². The Hall–Kier alpha value is -1.32. The zero-order valence-electron chi connectivity index (χ0n) is 14.1. The summed E-state index contributed by atoms with van der Waals surface area (Å²) in [6.45, 7) is 3.95. The topological polar surface area (TPSA) is 52.6 Å². The van der Waals surface area contributed by atoms with Crippen LogP contribution in [0.1, 0.15) is 11.6 Å². The van der Waals surface area contributed by atoms with Crippen molar-refractivity contribution in [3.05, 3.63) is 52.5 Å². The lowest BCUT2D eigenvalue weighted by atomic mass is 10.1. The first kappa shape index (κ1) is 18.5. The highest BCUT2D eigenvalue weighted by Gasteiger charge is 2.26. The molecule has 0 amide bonds. The van der Waals surface area contributed by atoms with Gasteiger partial charge in [-0.25, -0.2) is 17.5 Å². The van der Waals surface area contributed by atoms with Crippen molar-refractivity contribution in [2.75, 3.05) is 39.8 Å². The van der Waals surface area contributed by atoms with Gasteiger partial charge < -0.3 is 4.90 Å². The monoisotopic (exact) mass is 383 g/mol. The van der Waals surface area contributed by atoms with E-state index >= 15 is 0 Å². The van der Waals surface area contributed by atoms with Gasteiger partial charge >= 0.3 is 0 Å². The number of nitrogens with one attached hydrogen (secondary N) is 1. The largest absolute Gasteiger partial charge is 0.304 e. The minimum absolute atomic E-state index is 0.0247. The molecule has 0 aliphatic carbocycles. The predicted octanol–water partition coefficient (Wildman–Crippen LogP) is 2.15. The smallest absolute Gasteiger partial charge is 0.240 e. The fraction of sp³-hybridized carbons (Fsp3) is 0.412. The van der Waals surface area contributed by atoms with E-state index in [1.807, 2.05) is 11.4 Å². The number of rotatable bonds is 6. The van der Waals surface area contributed by atoms with Crippen molar-refractivity contribution in [1.29, 1.82) is 0 Å². The average molecular weight is 384 g/mol. The number of piperazine rings is 1. The van der Waals surface area contributed by atoms with Crippen LogP contribution in [0.4, 0.5) is 4.39 Å². The summed E-state index contributed by atoms with van der Waals surface area (Å²) in [6, 6.07) is 7.09. The van der Waals surface area contributed by atoms with Crippen LogP contribution in [0.3, 0.4) is 0 Å². The summed E-state index contributed by atoms with van der Waals surface area (Å²) in [7, 11) is -1.66. The number of sulfonamides is 1. The molecule has 1 aliphatic rings. The van der Waals surface area contributed by atoms with E-state index in [4.69, 9.17) is 0 Å². The summed E-state index contributed by atoms with van der Waals surface area (Å²) < 4.78 is 41.0. The maximum atomic E-state index is 13.3. The average Bonchev–Trinajstić information content (AvgIpc) is 3.11. The van der Waals surface area contributed by atoms with Crippen LogP contribution in [-0.4, -0.2) is 58.0 Å². The number of likely N-dealkylation sites (N-methyl/N-ethyl adjacent to an activating group) is 1. The Morgan fingerprint density at radius 1 is 1.24 bits per heavy atom. The fourth-order valence-corrected chi connectivity index (χ4v) is 4.74. The van der Waals surface area contributed by atoms with Gasteiger partial charge in [-0.1, -0.05) is 6.07 Å². The Labute approximate surface area is 152 Å². The minimum Gasteiger partial charge on any atom is -0.304 e. The predicted molar refractivity (Wildman–Crippen MR) is 97.7 cm³/mol. The van der Waals surface area contributed by atoms with Gasteiger partial charge in [0.25, 0.3) is 0 Å². The molecular weight excluding hydrogens is 361 g/mol. The molecule has 0 radical (unpaired) electrons. The molecule has 0 spiro atoms. The zero-order valence-corrected chi connectivity index (χ0v) is 15.7. The molecule has 1 aromatic heterocycles. The van der Waals surface area contributed by atoms with E-state index < -0.39 is 15.8 Å². The molecule has 1 atom stereocenters. The summed E-state index contributed by atoms with van der Waals surface area (Å²) >= 11 is 1.60. The van der Waals surface area contributed by atoms with Crippen LogP contribution in [0.25, 0.3) is 0 Å². The molecule has 1 saturated heterocycles. The van der Waals surface area contributed by atoms with Gasteiger partial charge in [0.05, 0.1) is 4.90 Å². The lowest BCUT2D eigenvalue weighted by Crippen LogP contribution is -2.48. The van der Waals surface area contributed by atoms with Crippen LogP contribution in [0, 0.1) is 5.82 Å². The summed E-state index contributed by atoms with van der Waals surface area (Å²) in [5.74, 6) is -0.559. The molecular formula is C17H22FN3O2S2. The number of benzene rings is 1. The summed E-state index contributed by atoms with van der Waals surface area (Å²) in [4.78, 5) is 4.52. The van der Waals surface area contributed by atoms with E-state index in [1.54, 1.807) is 11.3 Å². The SMILES string of the molecule is CN1CCN(C(CNS(=O)(=O)c2cccc(F)c2)c2ccsc2)CC1. The molecule has 8 heteroatoms. The highest BCUT2D eigenvalue weighted by molar-refractivity contribution is 7.89. The molecule has 1 unspecified atom stereocenters. The second-order valence-corrected chi connectivity index (χ2v) is 8.77. The van der Waals surface area contributed by atoms with E-state index in [0.717, 1.165) is 37.8 Å². The maximum absolute atomic E-state index is 13.3. The second kappa shape index (κ2) is 7.92. The lowest BCUT2D eigenvalue weighted by Gasteiger charge is -2.37. The van der Waals surface area contributed by atoms with Gasteiger partial charge in [-0.05, 0) is 47.6 Å². The number of hydrogen-bond donors (Lipinski definition) is 1. The zero-order chi connectivity index (χ0) is 17.9. The van der Waals surface area contributed by atoms with Crippen molar-refractivity contribution < 1.29 is 12.8 Å². The van der Waals surface area contributed by atoms with E-state index in [2.05, 4.69) is 26.9 Å². The van der Waals surface area contributed by atoms with Crippen LogP contribution < -0.4 is 4.72 Å². The first-order valence-corrected chi connectivity index (χ1v) is 10.6. The summed E-state index contributed by atoms with van der Waals surface area (Å²) in [6.07, 6.45) is 0. The molecule has 5 nitrogen and oxygen atoms in total.